The number of rotatable bonds is 4. The summed E-state index contributed by atoms with van der Waals surface area (Å²) in [4.78, 5) is 14.7. The van der Waals surface area contributed by atoms with Crippen molar-refractivity contribution in [3.8, 4) is 0 Å². The lowest BCUT2D eigenvalue weighted by Crippen LogP contribution is -2.51. The first-order valence-corrected chi connectivity index (χ1v) is 7.91. The summed E-state index contributed by atoms with van der Waals surface area (Å²) in [5, 5.41) is 3.23. The fourth-order valence-corrected chi connectivity index (χ4v) is 3.40. The molecule has 114 valence electrons. The predicted octanol–water partition coefficient (Wildman–Crippen LogP) is 2.21. The van der Waals surface area contributed by atoms with E-state index < -0.39 is 0 Å². The molecule has 2 aliphatic heterocycles. The Kier molecular flexibility index (Phi) is 4.24. The molecule has 3 rings (SSSR count). The number of hydrogen-bond acceptors (Lipinski definition) is 2. The highest BCUT2D eigenvalue weighted by atomic mass is 19.1. The van der Waals surface area contributed by atoms with Crippen molar-refractivity contribution in [2.45, 2.75) is 32.2 Å². The zero-order chi connectivity index (χ0) is 14.8. The first kappa shape index (κ1) is 14.5. The van der Waals surface area contributed by atoms with Crippen LogP contribution in [-0.4, -0.2) is 36.5 Å². The van der Waals surface area contributed by atoms with Gasteiger partial charge in [0, 0.05) is 18.5 Å². The van der Waals surface area contributed by atoms with Crippen molar-refractivity contribution in [1.82, 2.24) is 10.2 Å². The topological polar surface area (TPSA) is 32.3 Å². The van der Waals surface area contributed by atoms with Crippen LogP contribution in [0.5, 0.6) is 0 Å². The molecule has 2 saturated heterocycles. The lowest BCUT2D eigenvalue weighted by atomic mass is 9.87. The molecule has 1 amide bonds. The minimum absolute atomic E-state index is 0.0966. The maximum atomic E-state index is 13.3. The first-order valence-electron chi connectivity index (χ1n) is 7.91. The number of amides is 1. The van der Waals surface area contributed by atoms with Gasteiger partial charge in [-0.25, -0.2) is 4.39 Å². The maximum absolute atomic E-state index is 13.3. The minimum Gasteiger partial charge on any atom is -0.339 e. The average Bonchev–Trinajstić information content (AvgIpc) is 2.84. The smallest absolute Gasteiger partial charge is 0.226 e. The fraction of sp³-hybridized carbons (Fsp3) is 0.588. The largest absolute Gasteiger partial charge is 0.339 e. The number of nitrogens with one attached hydrogen (secondary N) is 1. The van der Waals surface area contributed by atoms with Gasteiger partial charge in [-0.1, -0.05) is 19.1 Å². The molecule has 1 aromatic rings. The second kappa shape index (κ2) is 6.14. The highest BCUT2D eigenvalue weighted by Gasteiger charge is 2.36. The van der Waals surface area contributed by atoms with E-state index in [0.29, 0.717) is 5.92 Å². The van der Waals surface area contributed by atoms with Crippen LogP contribution < -0.4 is 5.32 Å². The van der Waals surface area contributed by atoms with Crippen LogP contribution in [-0.2, 0) is 11.2 Å². The number of halogens is 1. The highest BCUT2D eigenvalue weighted by Crippen LogP contribution is 2.26. The third kappa shape index (κ3) is 3.10. The van der Waals surface area contributed by atoms with E-state index in [2.05, 4.69) is 5.32 Å². The lowest BCUT2D eigenvalue weighted by molar-refractivity contribution is -0.138. The molecule has 0 aromatic heterocycles. The summed E-state index contributed by atoms with van der Waals surface area (Å²) in [5.74, 6) is 0.657. The van der Waals surface area contributed by atoms with Crippen molar-refractivity contribution in [3.63, 3.8) is 0 Å². The molecule has 1 aromatic carbocycles. The number of carbonyl (C=O) groups is 1. The van der Waals surface area contributed by atoms with E-state index in [1.807, 2.05) is 17.9 Å². The Hall–Kier alpha value is -1.42. The zero-order valence-electron chi connectivity index (χ0n) is 12.5. The van der Waals surface area contributed by atoms with Gasteiger partial charge in [0.05, 0.1) is 0 Å². The van der Waals surface area contributed by atoms with Gasteiger partial charge in [-0.3, -0.25) is 4.79 Å². The molecule has 0 spiro atoms. The Morgan fingerprint density at radius 3 is 2.95 bits per heavy atom. The van der Waals surface area contributed by atoms with E-state index in [0.717, 1.165) is 44.5 Å². The molecular formula is C17H23FN2O. The molecule has 3 nitrogen and oxygen atoms in total. The van der Waals surface area contributed by atoms with Crippen LogP contribution in [0.3, 0.4) is 0 Å². The molecule has 21 heavy (non-hydrogen) atoms. The Bertz CT molecular complexity index is 515. The Labute approximate surface area is 125 Å². The number of likely N-dealkylation sites (tertiary alicyclic amines) is 1. The fourth-order valence-electron chi connectivity index (χ4n) is 3.40. The summed E-state index contributed by atoms with van der Waals surface area (Å²) in [7, 11) is 0. The molecule has 2 aliphatic rings. The number of carbonyl (C=O) groups excluding carboxylic acids is 1. The second-order valence-corrected chi connectivity index (χ2v) is 6.37. The van der Waals surface area contributed by atoms with E-state index >= 15 is 0 Å². The van der Waals surface area contributed by atoms with Gasteiger partial charge in [0.15, 0.2) is 0 Å². The normalized spacial score (nSPS) is 23.9. The van der Waals surface area contributed by atoms with Gasteiger partial charge in [-0.2, -0.15) is 0 Å². The summed E-state index contributed by atoms with van der Waals surface area (Å²) in [6.45, 7) is 4.80. The summed E-state index contributed by atoms with van der Waals surface area (Å²) < 4.78 is 13.3. The maximum Gasteiger partial charge on any atom is 0.226 e. The molecule has 0 bridgehead atoms. The van der Waals surface area contributed by atoms with Crippen molar-refractivity contribution < 1.29 is 9.18 Å². The Morgan fingerprint density at radius 2 is 2.29 bits per heavy atom. The summed E-state index contributed by atoms with van der Waals surface area (Å²) in [6.07, 6.45) is 2.85. The van der Waals surface area contributed by atoms with E-state index in [4.69, 9.17) is 0 Å². The van der Waals surface area contributed by atoms with Crippen molar-refractivity contribution in [3.05, 3.63) is 35.6 Å². The summed E-state index contributed by atoms with van der Waals surface area (Å²) in [6, 6.07) is 6.97. The molecule has 1 N–H and O–H groups in total. The van der Waals surface area contributed by atoms with Crippen molar-refractivity contribution in [2.75, 3.05) is 19.6 Å². The third-order valence-corrected chi connectivity index (χ3v) is 4.93. The van der Waals surface area contributed by atoms with Crippen molar-refractivity contribution >= 4 is 5.91 Å². The zero-order valence-corrected chi connectivity index (χ0v) is 12.5. The van der Waals surface area contributed by atoms with E-state index in [9.17, 15) is 9.18 Å². The van der Waals surface area contributed by atoms with Crippen LogP contribution in [0.2, 0.25) is 0 Å². The number of hydrogen-bond donors (Lipinski definition) is 1. The van der Waals surface area contributed by atoms with Gasteiger partial charge in [0.25, 0.3) is 0 Å². The molecule has 2 atom stereocenters. The number of benzene rings is 1. The SMILES string of the molecule is CC(C(=O)N1CCCC1Cc1cccc(F)c1)C1CNC1. The van der Waals surface area contributed by atoms with Crippen LogP contribution in [0.1, 0.15) is 25.3 Å². The average molecular weight is 290 g/mol. The molecule has 2 fully saturated rings. The van der Waals surface area contributed by atoms with E-state index in [1.165, 1.54) is 6.07 Å². The molecule has 4 heteroatoms. The van der Waals surface area contributed by atoms with Gasteiger partial charge in [-0.15, -0.1) is 0 Å². The van der Waals surface area contributed by atoms with Gasteiger partial charge in [-0.05, 0) is 56.0 Å². The molecule has 0 saturated carbocycles. The Morgan fingerprint density at radius 1 is 1.48 bits per heavy atom. The van der Waals surface area contributed by atoms with Gasteiger partial charge < -0.3 is 10.2 Å². The highest BCUT2D eigenvalue weighted by molar-refractivity contribution is 5.79. The molecular weight excluding hydrogens is 267 g/mol. The van der Waals surface area contributed by atoms with Crippen LogP contribution in [0.4, 0.5) is 4.39 Å². The van der Waals surface area contributed by atoms with Crippen LogP contribution >= 0.6 is 0 Å². The molecule has 2 unspecified atom stereocenters. The third-order valence-electron chi connectivity index (χ3n) is 4.93. The first-order chi connectivity index (χ1) is 10.1. The monoisotopic (exact) mass is 290 g/mol. The minimum atomic E-state index is -0.197. The quantitative estimate of drug-likeness (QED) is 0.922. The molecule has 0 radical (unpaired) electrons. The van der Waals surface area contributed by atoms with Gasteiger partial charge >= 0.3 is 0 Å². The lowest BCUT2D eigenvalue weighted by Gasteiger charge is -2.35. The second-order valence-electron chi connectivity index (χ2n) is 6.37. The van der Waals surface area contributed by atoms with Crippen LogP contribution in [0.25, 0.3) is 0 Å². The van der Waals surface area contributed by atoms with Gasteiger partial charge in [0.2, 0.25) is 5.91 Å². The number of nitrogens with zero attached hydrogens (tertiary/aromatic N) is 1. The summed E-state index contributed by atoms with van der Waals surface area (Å²) >= 11 is 0. The summed E-state index contributed by atoms with van der Waals surface area (Å²) in [5.41, 5.74) is 0.984. The van der Waals surface area contributed by atoms with Crippen LogP contribution in [0.15, 0.2) is 24.3 Å². The molecule has 2 heterocycles. The van der Waals surface area contributed by atoms with Crippen molar-refractivity contribution in [1.29, 1.82) is 0 Å². The van der Waals surface area contributed by atoms with Gasteiger partial charge in [0.1, 0.15) is 5.82 Å². The van der Waals surface area contributed by atoms with Crippen LogP contribution in [0, 0.1) is 17.7 Å². The molecule has 0 aliphatic carbocycles. The van der Waals surface area contributed by atoms with E-state index in [-0.39, 0.29) is 23.7 Å². The Balaban J connectivity index is 1.65. The van der Waals surface area contributed by atoms with Crippen molar-refractivity contribution in [2.24, 2.45) is 11.8 Å². The van der Waals surface area contributed by atoms with E-state index in [1.54, 1.807) is 12.1 Å². The standard InChI is InChI=1S/C17H23FN2O/c1-12(14-10-19-11-14)17(21)20-7-3-6-16(20)9-13-4-2-5-15(18)8-13/h2,4-5,8,12,14,16,19H,3,6-7,9-11H2,1H3. The predicted molar refractivity (Wildman–Crippen MR) is 80.4 cm³/mol.